The van der Waals surface area contributed by atoms with Crippen molar-refractivity contribution >= 4 is 6.08 Å². The largest absolute Gasteiger partial charge is 0.393 e. The van der Waals surface area contributed by atoms with E-state index in [1.165, 1.54) is 24.1 Å². The summed E-state index contributed by atoms with van der Waals surface area (Å²) in [6.45, 7) is 4.72. The van der Waals surface area contributed by atoms with Gasteiger partial charge in [0, 0.05) is 5.41 Å². The third kappa shape index (κ3) is 2.96. The van der Waals surface area contributed by atoms with Crippen molar-refractivity contribution in [1.82, 2.24) is 0 Å². The van der Waals surface area contributed by atoms with Gasteiger partial charge in [-0.25, -0.2) is 4.39 Å². The molecule has 5 rings (SSSR count). The second kappa shape index (κ2) is 6.78. The normalized spacial score (nSPS) is 45.3. The molecular weight excluding hydrogens is 363 g/mol. The summed E-state index contributed by atoms with van der Waals surface area (Å²) in [6, 6.07) is 6.58. The third-order valence-corrected chi connectivity index (χ3v) is 9.17. The highest BCUT2D eigenvalue weighted by Gasteiger charge is 2.59. The molecule has 3 saturated carbocycles. The van der Waals surface area contributed by atoms with Crippen molar-refractivity contribution in [2.24, 2.45) is 28.6 Å². The Morgan fingerprint density at radius 3 is 2.52 bits per heavy atom. The van der Waals surface area contributed by atoms with Crippen LogP contribution in [-0.2, 0) is 0 Å². The van der Waals surface area contributed by atoms with Crippen LogP contribution in [-0.4, -0.2) is 22.4 Å². The molecule has 1 aromatic rings. The SMILES string of the molecule is C[C@]12CC[C@@H]3[C@H](CC=C4C[C@@H](O)CC[C@@]43C)[C@H]1C/C(=C/c1ccc(F)cc1)[C@H]2O. The average Bonchev–Trinajstić information content (AvgIpc) is 2.95. The van der Waals surface area contributed by atoms with Crippen molar-refractivity contribution < 1.29 is 14.6 Å². The molecule has 1 aromatic carbocycles. The van der Waals surface area contributed by atoms with Gasteiger partial charge in [-0.05, 0) is 91.4 Å². The fraction of sp³-hybridized carbons (Fsp3) is 0.615. The van der Waals surface area contributed by atoms with E-state index in [0.29, 0.717) is 17.8 Å². The Bertz CT molecular complexity index is 856. The Morgan fingerprint density at radius 1 is 1.00 bits per heavy atom. The first-order valence-corrected chi connectivity index (χ1v) is 11.3. The number of hydrogen-bond donors (Lipinski definition) is 2. The molecule has 0 heterocycles. The number of fused-ring (bicyclic) bond motifs is 5. The number of aliphatic hydroxyl groups excluding tert-OH is 2. The first-order valence-electron chi connectivity index (χ1n) is 11.3. The van der Waals surface area contributed by atoms with Crippen LogP contribution < -0.4 is 0 Å². The molecule has 3 fully saturated rings. The number of aliphatic hydroxyl groups is 2. The lowest BCUT2D eigenvalue weighted by Gasteiger charge is -2.57. The van der Waals surface area contributed by atoms with E-state index in [1.807, 2.05) is 0 Å². The number of allylic oxidation sites excluding steroid dienone is 1. The van der Waals surface area contributed by atoms with Gasteiger partial charge in [0.15, 0.2) is 0 Å². The lowest BCUT2D eigenvalue weighted by molar-refractivity contribution is -0.0685. The Balaban J connectivity index is 1.46. The van der Waals surface area contributed by atoms with E-state index < -0.39 is 6.10 Å². The summed E-state index contributed by atoms with van der Waals surface area (Å²) in [7, 11) is 0. The molecule has 3 heteroatoms. The van der Waals surface area contributed by atoms with Crippen LogP contribution in [0.25, 0.3) is 6.08 Å². The number of rotatable bonds is 1. The standard InChI is InChI=1S/C26H33FO2/c1-25-11-9-20(28)15-18(25)5-8-21-22(25)10-12-26(2)23(21)14-17(24(26)29)13-16-3-6-19(27)7-4-16/h3-7,13,20-24,28-29H,8-12,14-15H2,1-2H3/b17-13-/t20-,21-,22+,23+,24+,25-,26-/m0/s1. The summed E-state index contributed by atoms with van der Waals surface area (Å²) in [6.07, 6.45) is 11.0. The fourth-order valence-corrected chi connectivity index (χ4v) is 7.41. The Morgan fingerprint density at radius 2 is 1.76 bits per heavy atom. The second-order valence-corrected chi connectivity index (χ2v) is 10.6. The lowest BCUT2D eigenvalue weighted by Crippen LogP contribution is -2.51. The number of halogens is 1. The molecule has 2 nitrogen and oxygen atoms in total. The zero-order valence-electron chi connectivity index (χ0n) is 17.6. The highest BCUT2D eigenvalue weighted by atomic mass is 19.1. The quantitative estimate of drug-likeness (QED) is 0.615. The van der Waals surface area contributed by atoms with Crippen LogP contribution in [0.15, 0.2) is 41.5 Å². The second-order valence-electron chi connectivity index (χ2n) is 10.6. The van der Waals surface area contributed by atoms with Crippen molar-refractivity contribution in [1.29, 1.82) is 0 Å². The molecule has 0 unspecified atom stereocenters. The first-order chi connectivity index (χ1) is 13.8. The molecule has 0 aliphatic heterocycles. The van der Waals surface area contributed by atoms with E-state index in [4.69, 9.17) is 0 Å². The minimum Gasteiger partial charge on any atom is -0.393 e. The number of hydrogen-bond acceptors (Lipinski definition) is 2. The molecule has 4 aliphatic carbocycles. The minimum absolute atomic E-state index is 0.0666. The summed E-state index contributed by atoms with van der Waals surface area (Å²) < 4.78 is 13.3. The summed E-state index contributed by atoms with van der Waals surface area (Å²) in [4.78, 5) is 0. The maximum absolute atomic E-state index is 13.3. The molecule has 0 radical (unpaired) electrons. The molecule has 0 bridgehead atoms. The van der Waals surface area contributed by atoms with E-state index in [-0.39, 0.29) is 22.8 Å². The van der Waals surface area contributed by atoms with Crippen LogP contribution in [0.5, 0.6) is 0 Å². The predicted molar refractivity (Wildman–Crippen MR) is 113 cm³/mol. The lowest BCUT2D eigenvalue weighted by atomic mass is 9.48. The molecule has 4 aliphatic rings. The van der Waals surface area contributed by atoms with Gasteiger partial charge in [-0.2, -0.15) is 0 Å². The van der Waals surface area contributed by atoms with Gasteiger partial charge in [0.2, 0.25) is 0 Å². The Hall–Kier alpha value is -1.45. The Labute approximate surface area is 173 Å². The first kappa shape index (κ1) is 19.5. The van der Waals surface area contributed by atoms with Gasteiger partial charge in [-0.15, -0.1) is 0 Å². The van der Waals surface area contributed by atoms with Crippen molar-refractivity contribution in [3.05, 3.63) is 52.9 Å². The van der Waals surface area contributed by atoms with E-state index in [9.17, 15) is 14.6 Å². The fourth-order valence-electron chi connectivity index (χ4n) is 7.41. The van der Waals surface area contributed by atoms with Crippen LogP contribution in [0.2, 0.25) is 0 Å². The highest BCUT2D eigenvalue weighted by molar-refractivity contribution is 5.55. The molecule has 2 N–H and O–H groups in total. The third-order valence-electron chi connectivity index (χ3n) is 9.17. The van der Waals surface area contributed by atoms with E-state index >= 15 is 0 Å². The van der Waals surface area contributed by atoms with Crippen molar-refractivity contribution in [2.45, 2.75) is 71.0 Å². The van der Waals surface area contributed by atoms with E-state index in [2.05, 4.69) is 26.0 Å². The molecule has 29 heavy (non-hydrogen) atoms. The maximum Gasteiger partial charge on any atom is 0.123 e. The molecule has 0 spiro atoms. The molecular formula is C26H33FO2. The Kier molecular flexibility index (Phi) is 4.56. The van der Waals surface area contributed by atoms with Crippen LogP contribution >= 0.6 is 0 Å². The molecule has 0 saturated heterocycles. The van der Waals surface area contributed by atoms with Gasteiger partial charge in [0.25, 0.3) is 0 Å². The minimum atomic E-state index is -0.412. The predicted octanol–water partition coefficient (Wildman–Crippen LogP) is 5.50. The maximum atomic E-state index is 13.3. The average molecular weight is 397 g/mol. The zero-order valence-corrected chi connectivity index (χ0v) is 17.6. The molecule has 7 atom stereocenters. The summed E-state index contributed by atoms with van der Waals surface area (Å²) in [5.41, 5.74) is 3.73. The van der Waals surface area contributed by atoms with Crippen LogP contribution in [0, 0.1) is 34.4 Å². The van der Waals surface area contributed by atoms with Gasteiger partial charge in [-0.1, -0.05) is 43.7 Å². The smallest absolute Gasteiger partial charge is 0.123 e. The van der Waals surface area contributed by atoms with Crippen molar-refractivity contribution in [3.63, 3.8) is 0 Å². The van der Waals surface area contributed by atoms with Crippen molar-refractivity contribution in [2.75, 3.05) is 0 Å². The summed E-state index contributed by atoms with van der Waals surface area (Å²) in [5, 5.41) is 21.5. The summed E-state index contributed by atoms with van der Waals surface area (Å²) >= 11 is 0. The zero-order chi connectivity index (χ0) is 20.4. The van der Waals surface area contributed by atoms with Gasteiger partial charge in [0.05, 0.1) is 12.2 Å². The number of benzene rings is 1. The van der Waals surface area contributed by atoms with Gasteiger partial charge in [0.1, 0.15) is 5.82 Å². The molecule has 156 valence electrons. The van der Waals surface area contributed by atoms with Gasteiger partial charge >= 0.3 is 0 Å². The molecule has 0 aromatic heterocycles. The van der Waals surface area contributed by atoms with E-state index in [0.717, 1.165) is 49.7 Å². The summed E-state index contributed by atoms with van der Waals surface area (Å²) in [5.74, 6) is 1.53. The van der Waals surface area contributed by atoms with Crippen LogP contribution in [0.3, 0.4) is 0 Å². The van der Waals surface area contributed by atoms with Crippen molar-refractivity contribution in [3.8, 4) is 0 Å². The van der Waals surface area contributed by atoms with Crippen LogP contribution in [0.4, 0.5) is 4.39 Å². The molecule has 0 amide bonds. The highest BCUT2D eigenvalue weighted by Crippen LogP contribution is 2.65. The topological polar surface area (TPSA) is 40.5 Å². The van der Waals surface area contributed by atoms with Crippen LogP contribution in [0.1, 0.15) is 64.4 Å². The van der Waals surface area contributed by atoms with E-state index in [1.54, 1.807) is 12.1 Å². The van der Waals surface area contributed by atoms with Gasteiger partial charge < -0.3 is 10.2 Å². The van der Waals surface area contributed by atoms with Gasteiger partial charge in [-0.3, -0.25) is 0 Å². The monoisotopic (exact) mass is 396 g/mol.